The van der Waals surface area contributed by atoms with E-state index in [9.17, 15) is 25.2 Å². The van der Waals surface area contributed by atoms with Gasteiger partial charge in [-0.1, -0.05) is 179 Å². The van der Waals surface area contributed by atoms with Gasteiger partial charge in [-0.15, -0.1) is 0 Å². The molecule has 0 aliphatic carbocycles. The Hall–Kier alpha value is -1.33. The number of aliphatic hydroxyl groups is 4. The van der Waals surface area contributed by atoms with E-state index in [2.05, 4.69) is 38.2 Å². The highest BCUT2D eigenvalue weighted by Crippen LogP contribution is 2.23. The molecule has 1 saturated heterocycles. The minimum Gasteiger partial charge on any atom is -0.457 e. The molecule has 0 aromatic heterocycles. The highest BCUT2D eigenvalue weighted by atomic mass is 16.7. The summed E-state index contributed by atoms with van der Waals surface area (Å²) in [5.74, 6) is -0.316. The Bertz CT molecular complexity index is 957. The summed E-state index contributed by atoms with van der Waals surface area (Å²) in [4.78, 5) is 12.8. The Morgan fingerprint density at radius 1 is 0.525 bits per heavy atom. The third-order valence-electron chi connectivity index (χ3n) is 11.6. The zero-order valence-corrected chi connectivity index (χ0v) is 38.3. The van der Waals surface area contributed by atoms with Crippen LogP contribution in [0, 0.1) is 0 Å². The number of ether oxygens (including phenoxy) is 4. The number of hydrogen-bond acceptors (Lipinski definition) is 9. The van der Waals surface area contributed by atoms with Crippen LogP contribution in [0.5, 0.6) is 0 Å². The average Bonchev–Trinajstić information content (AvgIpc) is 3.24. The van der Waals surface area contributed by atoms with Gasteiger partial charge in [-0.3, -0.25) is 4.79 Å². The number of allylic oxidation sites excluding steroid dienone is 4. The molecule has 0 saturated carbocycles. The molecule has 0 aromatic rings. The zero-order chi connectivity index (χ0) is 42.9. The molecule has 59 heavy (non-hydrogen) atoms. The Balaban J connectivity index is 2.22. The quantitative estimate of drug-likeness (QED) is 0.0269. The fraction of sp³-hybridized carbons (Fsp3) is 0.900. The first-order chi connectivity index (χ1) is 28.9. The van der Waals surface area contributed by atoms with Crippen LogP contribution in [0.25, 0.3) is 0 Å². The molecule has 1 rings (SSSR count). The van der Waals surface area contributed by atoms with Gasteiger partial charge in [0.25, 0.3) is 0 Å². The molecule has 6 atom stereocenters. The SMILES string of the molecule is CCCCCCCC/C=C\CCCCCCCCCC(=O)OC(COCCCCCCCCCC/C=C\CCCCCCCCC)COC1OC(CO)C(O)C(O)C1O. The smallest absolute Gasteiger partial charge is 0.306 e. The topological polar surface area (TPSA) is 135 Å². The van der Waals surface area contributed by atoms with Crippen molar-refractivity contribution in [1.82, 2.24) is 0 Å². The predicted molar refractivity (Wildman–Crippen MR) is 242 cm³/mol. The van der Waals surface area contributed by atoms with Gasteiger partial charge < -0.3 is 39.4 Å². The van der Waals surface area contributed by atoms with Crippen LogP contribution in [0.1, 0.15) is 226 Å². The van der Waals surface area contributed by atoms with Crippen LogP contribution >= 0.6 is 0 Å². The summed E-state index contributed by atoms with van der Waals surface area (Å²) in [5.41, 5.74) is 0. The maximum atomic E-state index is 12.8. The van der Waals surface area contributed by atoms with Crippen LogP contribution in [0.4, 0.5) is 0 Å². The highest BCUT2D eigenvalue weighted by Gasteiger charge is 2.44. The van der Waals surface area contributed by atoms with Crippen molar-refractivity contribution in [3.63, 3.8) is 0 Å². The van der Waals surface area contributed by atoms with Crippen LogP contribution in [0.15, 0.2) is 24.3 Å². The van der Waals surface area contributed by atoms with Crippen molar-refractivity contribution in [2.75, 3.05) is 26.4 Å². The Labute approximate surface area is 362 Å². The predicted octanol–water partition coefficient (Wildman–Crippen LogP) is 11.8. The van der Waals surface area contributed by atoms with Gasteiger partial charge in [0, 0.05) is 13.0 Å². The maximum absolute atomic E-state index is 12.8. The Kier molecular flexibility index (Phi) is 39.6. The monoisotopic (exact) mass is 839 g/mol. The minimum absolute atomic E-state index is 0.113. The fourth-order valence-electron chi connectivity index (χ4n) is 7.66. The van der Waals surface area contributed by atoms with Crippen LogP contribution in [-0.4, -0.2) is 89.6 Å². The molecule has 0 radical (unpaired) electrons. The second kappa shape index (κ2) is 42.0. The maximum Gasteiger partial charge on any atom is 0.306 e. The summed E-state index contributed by atoms with van der Waals surface area (Å²) in [5, 5.41) is 40.2. The summed E-state index contributed by atoms with van der Waals surface area (Å²) in [7, 11) is 0. The molecule has 0 spiro atoms. The standard InChI is InChI=1S/C50H94O9/c1-3-5-7-9-11-13-15-17-19-21-22-24-26-28-30-32-34-36-38-40-56-42-44(43-57-50-49(55)48(54)47(53)45(41-51)59-50)58-46(52)39-37-35-33-31-29-27-25-23-20-18-16-14-12-10-8-6-4-2/h18-21,44-45,47-51,53-55H,3-17,22-43H2,1-2H3/b20-18-,21-19-. The summed E-state index contributed by atoms with van der Waals surface area (Å²) in [6, 6.07) is 0. The summed E-state index contributed by atoms with van der Waals surface area (Å²) >= 11 is 0. The van der Waals surface area contributed by atoms with E-state index in [-0.39, 0.29) is 19.2 Å². The van der Waals surface area contributed by atoms with Crippen LogP contribution in [-0.2, 0) is 23.7 Å². The lowest BCUT2D eigenvalue weighted by molar-refractivity contribution is -0.305. The lowest BCUT2D eigenvalue weighted by Gasteiger charge is -2.39. The molecular formula is C50H94O9. The molecule has 1 aliphatic rings. The first kappa shape index (κ1) is 55.7. The molecule has 1 fully saturated rings. The molecule has 9 nitrogen and oxygen atoms in total. The first-order valence-corrected chi connectivity index (χ1v) is 24.9. The van der Waals surface area contributed by atoms with E-state index < -0.39 is 43.4 Å². The average molecular weight is 839 g/mol. The van der Waals surface area contributed by atoms with Crippen LogP contribution < -0.4 is 0 Å². The van der Waals surface area contributed by atoms with Gasteiger partial charge in [-0.05, 0) is 64.2 Å². The number of esters is 1. The summed E-state index contributed by atoms with van der Waals surface area (Å²) in [6.45, 7) is 4.57. The Morgan fingerprint density at radius 2 is 0.932 bits per heavy atom. The third-order valence-corrected chi connectivity index (χ3v) is 11.6. The van der Waals surface area contributed by atoms with Gasteiger partial charge in [0.2, 0.25) is 0 Å². The van der Waals surface area contributed by atoms with E-state index in [1.807, 2.05) is 0 Å². The molecule has 0 bridgehead atoms. The summed E-state index contributed by atoms with van der Waals surface area (Å²) < 4.78 is 22.9. The van der Waals surface area contributed by atoms with Crippen molar-refractivity contribution >= 4 is 5.97 Å². The second-order valence-corrected chi connectivity index (χ2v) is 17.3. The van der Waals surface area contributed by atoms with Crippen molar-refractivity contribution in [3.05, 3.63) is 24.3 Å². The normalized spacial score (nSPS) is 20.3. The van der Waals surface area contributed by atoms with Crippen molar-refractivity contribution in [2.24, 2.45) is 0 Å². The number of carbonyl (C=O) groups is 1. The number of carbonyl (C=O) groups excluding carboxylic acids is 1. The molecule has 348 valence electrons. The molecule has 1 heterocycles. The number of unbranched alkanes of at least 4 members (excludes halogenated alkanes) is 28. The molecule has 4 N–H and O–H groups in total. The van der Waals surface area contributed by atoms with E-state index in [1.54, 1.807) is 0 Å². The number of hydrogen-bond donors (Lipinski definition) is 4. The second-order valence-electron chi connectivity index (χ2n) is 17.3. The molecule has 0 amide bonds. The van der Waals surface area contributed by atoms with E-state index in [0.29, 0.717) is 13.0 Å². The fourth-order valence-corrected chi connectivity index (χ4v) is 7.66. The van der Waals surface area contributed by atoms with Crippen molar-refractivity contribution in [2.45, 2.75) is 263 Å². The van der Waals surface area contributed by atoms with Crippen molar-refractivity contribution in [1.29, 1.82) is 0 Å². The zero-order valence-electron chi connectivity index (χ0n) is 38.3. The van der Waals surface area contributed by atoms with Crippen LogP contribution in [0.3, 0.4) is 0 Å². The van der Waals surface area contributed by atoms with Gasteiger partial charge in [0.15, 0.2) is 6.29 Å². The number of rotatable bonds is 43. The number of aliphatic hydroxyl groups excluding tert-OH is 4. The van der Waals surface area contributed by atoms with Gasteiger partial charge in [0.1, 0.15) is 30.5 Å². The molecule has 1 aliphatic heterocycles. The van der Waals surface area contributed by atoms with E-state index >= 15 is 0 Å². The van der Waals surface area contributed by atoms with Gasteiger partial charge in [0.05, 0.1) is 19.8 Å². The Morgan fingerprint density at radius 3 is 1.37 bits per heavy atom. The van der Waals surface area contributed by atoms with E-state index in [4.69, 9.17) is 18.9 Å². The van der Waals surface area contributed by atoms with Crippen LogP contribution in [0.2, 0.25) is 0 Å². The van der Waals surface area contributed by atoms with E-state index in [0.717, 1.165) is 32.1 Å². The lowest BCUT2D eigenvalue weighted by Crippen LogP contribution is -2.59. The highest BCUT2D eigenvalue weighted by molar-refractivity contribution is 5.69. The lowest BCUT2D eigenvalue weighted by atomic mass is 9.99. The molecule has 9 heteroatoms. The largest absolute Gasteiger partial charge is 0.457 e. The van der Waals surface area contributed by atoms with Gasteiger partial charge in [-0.2, -0.15) is 0 Å². The van der Waals surface area contributed by atoms with Gasteiger partial charge in [-0.25, -0.2) is 0 Å². The molecule has 0 aromatic carbocycles. The third kappa shape index (κ3) is 33.0. The van der Waals surface area contributed by atoms with Crippen molar-refractivity contribution < 1.29 is 44.2 Å². The summed E-state index contributed by atoms with van der Waals surface area (Å²) in [6.07, 6.45) is 42.0. The molecule has 6 unspecified atom stereocenters. The molecular weight excluding hydrogens is 745 g/mol. The first-order valence-electron chi connectivity index (χ1n) is 24.9. The van der Waals surface area contributed by atoms with Crippen molar-refractivity contribution in [3.8, 4) is 0 Å². The van der Waals surface area contributed by atoms with Gasteiger partial charge >= 0.3 is 5.97 Å². The van der Waals surface area contributed by atoms with E-state index in [1.165, 1.54) is 173 Å². The minimum atomic E-state index is -1.54.